The monoisotopic (exact) mass is 340 g/mol. The van der Waals surface area contributed by atoms with E-state index in [0.29, 0.717) is 17.7 Å². The van der Waals surface area contributed by atoms with Gasteiger partial charge < -0.3 is 10.6 Å². The number of aryl methyl sites for hydroxylation is 1. The van der Waals surface area contributed by atoms with Crippen LogP contribution in [0.3, 0.4) is 0 Å². The molecule has 3 rings (SSSR count). The van der Waals surface area contributed by atoms with E-state index in [9.17, 15) is 9.59 Å². The first-order valence-electron chi connectivity index (χ1n) is 8.12. The van der Waals surface area contributed by atoms with Gasteiger partial charge in [-0.05, 0) is 42.3 Å². The molecule has 0 fully saturated rings. The summed E-state index contributed by atoms with van der Waals surface area (Å²) < 4.78 is 0. The molecule has 0 saturated carbocycles. The third kappa shape index (κ3) is 3.97. The van der Waals surface area contributed by atoms with Gasteiger partial charge in [0.25, 0.3) is 5.91 Å². The number of hydrogen-bond acceptors (Lipinski definition) is 3. The van der Waals surface area contributed by atoms with Crippen LogP contribution in [0.25, 0.3) is 0 Å². The van der Waals surface area contributed by atoms with Crippen LogP contribution >= 0.6 is 11.8 Å². The molecule has 0 bridgehead atoms. The van der Waals surface area contributed by atoms with Gasteiger partial charge >= 0.3 is 0 Å². The minimum absolute atomic E-state index is 0.00896. The van der Waals surface area contributed by atoms with Crippen LogP contribution in [-0.4, -0.2) is 17.6 Å². The predicted molar refractivity (Wildman–Crippen MR) is 98.8 cm³/mol. The Hall–Kier alpha value is -2.27. The highest BCUT2D eigenvalue weighted by Crippen LogP contribution is 2.31. The summed E-state index contributed by atoms with van der Waals surface area (Å²) in [5.74, 6) is 0.573. The molecule has 124 valence electrons. The molecule has 4 nitrogen and oxygen atoms in total. The normalized spacial score (nSPS) is 13.6. The zero-order valence-corrected chi connectivity index (χ0v) is 14.4. The van der Waals surface area contributed by atoms with E-state index in [2.05, 4.69) is 17.6 Å². The maximum atomic E-state index is 12.4. The maximum absolute atomic E-state index is 12.4. The minimum atomic E-state index is -0.176. The van der Waals surface area contributed by atoms with Crippen molar-refractivity contribution in [3.8, 4) is 0 Å². The maximum Gasteiger partial charge on any atom is 0.255 e. The SMILES string of the molecule is CCCc1ccc(NC(=O)c2ccc3c(c2)NC(=O)CCS3)cc1. The molecule has 0 aromatic heterocycles. The van der Waals surface area contributed by atoms with Crippen LogP contribution in [0.1, 0.15) is 35.7 Å². The fourth-order valence-corrected chi connectivity index (χ4v) is 3.54. The minimum Gasteiger partial charge on any atom is -0.325 e. The van der Waals surface area contributed by atoms with Gasteiger partial charge in [0.05, 0.1) is 5.69 Å². The molecule has 0 radical (unpaired) electrons. The van der Waals surface area contributed by atoms with Crippen molar-refractivity contribution in [2.75, 3.05) is 16.4 Å². The highest BCUT2D eigenvalue weighted by atomic mass is 32.2. The van der Waals surface area contributed by atoms with Crippen LogP contribution in [0.15, 0.2) is 47.4 Å². The van der Waals surface area contributed by atoms with Gasteiger partial charge in [-0.25, -0.2) is 0 Å². The Morgan fingerprint density at radius 1 is 1.21 bits per heavy atom. The molecule has 0 unspecified atom stereocenters. The van der Waals surface area contributed by atoms with Crippen molar-refractivity contribution in [3.05, 3.63) is 53.6 Å². The molecule has 0 spiro atoms. The van der Waals surface area contributed by atoms with E-state index in [-0.39, 0.29) is 11.8 Å². The summed E-state index contributed by atoms with van der Waals surface area (Å²) in [6.45, 7) is 2.14. The van der Waals surface area contributed by atoms with Crippen molar-refractivity contribution in [2.45, 2.75) is 31.1 Å². The number of thioether (sulfide) groups is 1. The third-order valence-corrected chi connectivity index (χ3v) is 4.93. The number of fused-ring (bicyclic) bond motifs is 1. The highest BCUT2D eigenvalue weighted by Gasteiger charge is 2.15. The van der Waals surface area contributed by atoms with Crippen molar-refractivity contribution in [2.24, 2.45) is 0 Å². The summed E-state index contributed by atoms with van der Waals surface area (Å²) in [4.78, 5) is 25.1. The average molecular weight is 340 g/mol. The molecule has 5 heteroatoms. The van der Waals surface area contributed by atoms with E-state index in [0.717, 1.165) is 29.2 Å². The first-order valence-corrected chi connectivity index (χ1v) is 9.11. The second-order valence-electron chi connectivity index (χ2n) is 5.76. The molecule has 2 aromatic carbocycles. The Morgan fingerprint density at radius 2 is 2.00 bits per heavy atom. The van der Waals surface area contributed by atoms with Crippen molar-refractivity contribution >= 4 is 35.0 Å². The lowest BCUT2D eigenvalue weighted by atomic mass is 10.1. The van der Waals surface area contributed by atoms with Crippen LogP contribution in [0.2, 0.25) is 0 Å². The van der Waals surface area contributed by atoms with E-state index in [1.807, 2.05) is 30.3 Å². The van der Waals surface area contributed by atoms with Crippen LogP contribution in [-0.2, 0) is 11.2 Å². The van der Waals surface area contributed by atoms with E-state index in [1.165, 1.54) is 5.56 Å². The Balaban J connectivity index is 1.74. The van der Waals surface area contributed by atoms with Gasteiger partial charge in [-0.3, -0.25) is 9.59 Å². The van der Waals surface area contributed by atoms with Crippen molar-refractivity contribution in [1.82, 2.24) is 0 Å². The predicted octanol–water partition coefficient (Wildman–Crippen LogP) is 4.33. The topological polar surface area (TPSA) is 58.2 Å². The molecule has 1 aliphatic rings. The van der Waals surface area contributed by atoms with Gasteiger partial charge in [-0.2, -0.15) is 0 Å². The molecule has 24 heavy (non-hydrogen) atoms. The van der Waals surface area contributed by atoms with Crippen molar-refractivity contribution < 1.29 is 9.59 Å². The van der Waals surface area contributed by atoms with Gasteiger partial charge in [0, 0.05) is 28.3 Å². The van der Waals surface area contributed by atoms with E-state index in [1.54, 1.807) is 23.9 Å². The summed E-state index contributed by atoms with van der Waals surface area (Å²) in [7, 11) is 0. The summed E-state index contributed by atoms with van der Waals surface area (Å²) in [5.41, 5.74) is 3.29. The molecular formula is C19H20N2O2S. The van der Waals surface area contributed by atoms with Crippen molar-refractivity contribution in [3.63, 3.8) is 0 Å². The lowest BCUT2D eigenvalue weighted by Gasteiger charge is -2.10. The van der Waals surface area contributed by atoms with Crippen LogP contribution in [0.5, 0.6) is 0 Å². The van der Waals surface area contributed by atoms with Gasteiger partial charge in [-0.15, -0.1) is 11.8 Å². The van der Waals surface area contributed by atoms with Crippen LogP contribution in [0, 0.1) is 0 Å². The largest absolute Gasteiger partial charge is 0.325 e. The number of carbonyl (C=O) groups excluding carboxylic acids is 2. The zero-order chi connectivity index (χ0) is 16.9. The lowest BCUT2D eigenvalue weighted by molar-refractivity contribution is -0.115. The average Bonchev–Trinajstić information content (AvgIpc) is 2.76. The van der Waals surface area contributed by atoms with E-state index >= 15 is 0 Å². The number of nitrogens with one attached hydrogen (secondary N) is 2. The second-order valence-corrected chi connectivity index (χ2v) is 6.90. The van der Waals surface area contributed by atoms with Gasteiger partial charge in [0.2, 0.25) is 5.91 Å². The fraction of sp³-hybridized carbons (Fsp3) is 0.263. The Kier molecular flexibility index (Phi) is 5.20. The quantitative estimate of drug-likeness (QED) is 0.871. The first-order chi connectivity index (χ1) is 11.7. The van der Waals surface area contributed by atoms with Crippen LogP contribution < -0.4 is 10.6 Å². The smallest absolute Gasteiger partial charge is 0.255 e. The van der Waals surface area contributed by atoms with Gasteiger partial charge in [0.1, 0.15) is 0 Å². The highest BCUT2D eigenvalue weighted by molar-refractivity contribution is 7.99. The number of hydrogen-bond donors (Lipinski definition) is 2. The molecule has 1 aliphatic heterocycles. The molecule has 0 aliphatic carbocycles. The first kappa shape index (κ1) is 16.6. The Morgan fingerprint density at radius 3 is 2.75 bits per heavy atom. The fourth-order valence-electron chi connectivity index (χ4n) is 2.61. The van der Waals surface area contributed by atoms with E-state index in [4.69, 9.17) is 0 Å². The molecular weight excluding hydrogens is 320 g/mol. The number of anilines is 2. The standard InChI is InChI=1S/C19H20N2O2S/c1-2-3-13-4-7-15(8-5-13)20-19(23)14-6-9-17-16(12-14)21-18(22)10-11-24-17/h4-9,12H,2-3,10-11H2,1H3,(H,20,23)(H,21,22). The van der Waals surface area contributed by atoms with Crippen molar-refractivity contribution in [1.29, 1.82) is 0 Å². The summed E-state index contributed by atoms with van der Waals surface area (Å²) in [5, 5.41) is 5.77. The van der Waals surface area contributed by atoms with Crippen LogP contribution in [0.4, 0.5) is 11.4 Å². The molecule has 2 amide bonds. The molecule has 2 aromatic rings. The Bertz CT molecular complexity index is 756. The Labute approximate surface area is 146 Å². The summed E-state index contributed by atoms with van der Waals surface area (Å²) >= 11 is 1.63. The number of rotatable bonds is 4. The number of carbonyl (C=O) groups is 2. The number of benzene rings is 2. The summed E-state index contributed by atoms with van der Waals surface area (Å²) in [6.07, 6.45) is 2.63. The molecule has 2 N–H and O–H groups in total. The number of amides is 2. The second kappa shape index (κ2) is 7.53. The summed E-state index contributed by atoms with van der Waals surface area (Å²) in [6, 6.07) is 13.3. The van der Waals surface area contributed by atoms with E-state index < -0.39 is 0 Å². The van der Waals surface area contributed by atoms with Gasteiger partial charge in [-0.1, -0.05) is 25.5 Å². The van der Waals surface area contributed by atoms with Gasteiger partial charge in [0.15, 0.2) is 0 Å². The zero-order valence-electron chi connectivity index (χ0n) is 13.6. The molecule has 1 heterocycles. The molecule has 0 saturated heterocycles. The lowest BCUT2D eigenvalue weighted by Crippen LogP contribution is -2.14. The molecule has 0 atom stereocenters. The third-order valence-electron chi connectivity index (χ3n) is 3.85.